The molecule has 1 aliphatic carbocycles. The summed E-state index contributed by atoms with van der Waals surface area (Å²) < 4.78 is 0. The maximum Gasteiger partial charge on any atom is 0.225 e. The number of amides is 1. The van der Waals surface area contributed by atoms with E-state index in [0.717, 1.165) is 30.8 Å². The van der Waals surface area contributed by atoms with Gasteiger partial charge in [-0.3, -0.25) is 4.79 Å². The molecule has 3 heterocycles. The van der Waals surface area contributed by atoms with Crippen LogP contribution in [0.25, 0.3) is 0 Å². The molecule has 2 bridgehead atoms. The second kappa shape index (κ2) is 3.73. The van der Waals surface area contributed by atoms with Crippen LogP contribution in [0.2, 0.25) is 0 Å². The topological polar surface area (TPSA) is 32.3 Å². The lowest BCUT2D eigenvalue weighted by Gasteiger charge is -2.52. The molecule has 1 N–H and O–H groups in total. The summed E-state index contributed by atoms with van der Waals surface area (Å²) in [4.78, 5) is 14.4. The molecule has 0 aromatic rings. The Labute approximate surface area is 97.6 Å². The highest BCUT2D eigenvalue weighted by Gasteiger charge is 2.50. The lowest BCUT2D eigenvalue weighted by Crippen LogP contribution is -2.59. The fourth-order valence-electron chi connectivity index (χ4n) is 4.06. The molecular weight excluding hydrogens is 200 g/mol. The van der Waals surface area contributed by atoms with Crippen LogP contribution in [0.5, 0.6) is 0 Å². The van der Waals surface area contributed by atoms with Gasteiger partial charge < -0.3 is 10.2 Å². The van der Waals surface area contributed by atoms with E-state index < -0.39 is 0 Å². The molecule has 4 aliphatic rings. The van der Waals surface area contributed by atoms with Crippen molar-refractivity contribution in [1.29, 1.82) is 0 Å². The lowest BCUT2D eigenvalue weighted by atomic mass is 9.66. The van der Waals surface area contributed by atoms with Crippen molar-refractivity contribution in [2.75, 3.05) is 19.6 Å². The van der Waals surface area contributed by atoms with Gasteiger partial charge in [-0.2, -0.15) is 0 Å². The lowest BCUT2D eigenvalue weighted by molar-refractivity contribution is -0.147. The van der Waals surface area contributed by atoms with E-state index in [1.807, 2.05) is 13.8 Å². The number of rotatable bonds is 1. The second-order valence-corrected chi connectivity index (χ2v) is 6.04. The first-order valence-corrected chi connectivity index (χ1v) is 6.69. The number of piperidine rings is 2. The molecule has 1 saturated carbocycles. The van der Waals surface area contributed by atoms with Crippen LogP contribution >= 0.6 is 0 Å². The molecule has 4 atom stereocenters. The number of hydrogen-bond donors (Lipinski definition) is 1. The quantitative estimate of drug-likeness (QED) is 0.720. The predicted octanol–water partition coefficient (Wildman–Crippen LogP) is 1.10. The zero-order chi connectivity index (χ0) is 11.3. The SMILES string of the molecule is CC(C)C(=O)N1C[C@H]2CC[C@H]1[C@@H]1CNC[C@@H]21. The van der Waals surface area contributed by atoms with E-state index in [1.54, 1.807) is 0 Å². The molecule has 1 amide bonds. The number of nitrogens with one attached hydrogen (secondary N) is 1. The van der Waals surface area contributed by atoms with E-state index in [4.69, 9.17) is 0 Å². The van der Waals surface area contributed by atoms with Gasteiger partial charge in [0.25, 0.3) is 0 Å². The second-order valence-electron chi connectivity index (χ2n) is 6.04. The van der Waals surface area contributed by atoms with Gasteiger partial charge in [0.2, 0.25) is 5.91 Å². The molecule has 0 radical (unpaired) electrons. The van der Waals surface area contributed by atoms with Crippen molar-refractivity contribution in [3.8, 4) is 0 Å². The number of carbonyl (C=O) groups excluding carboxylic acids is 1. The van der Waals surface area contributed by atoms with Crippen molar-refractivity contribution in [1.82, 2.24) is 10.2 Å². The zero-order valence-electron chi connectivity index (χ0n) is 10.3. The Morgan fingerprint density at radius 2 is 2.00 bits per heavy atom. The summed E-state index contributed by atoms with van der Waals surface area (Å²) in [6, 6.07) is 0.542. The Morgan fingerprint density at radius 3 is 2.75 bits per heavy atom. The van der Waals surface area contributed by atoms with Gasteiger partial charge >= 0.3 is 0 Å². The maximum absolute atomic E-state index is 12.2. The van der Waals surface area contributed by atoms with Gasteiger partial charge in [0, 0.05) is 25.0 Å². The monoisotopic (exact) mass is 222 g/mol. The minimum absolute atomic E-state index is 0.159. The van der Waals surface area contributed by atoms with E-state index in [1.165, 1.54) is 19.4 Å². The first-order valence-electron chi connectivity index (χ1n) is 6.69. The van der Waals surface area contributed by atoms with Crippen molar-refractivity contribution in [3.63, 3.8) is 0 Å². The average Bonchev–Trinajstić information content (AvgIpc) is 2.78. The van der Waals surface area contributed by atoms with E-state index in [0.29, 0.717) is 11.9 Å². The van der Waals surface area contributed by atoms with E-state index in [2.05, 4.69) is 10.2 Å². The Hall–Kier alpha value is -0.570. The van der Waals surface area contributed by atoms with Gasteiger partial charge in [-0.15, -0.1) is 0 Å². The van der Waals surface area contributed by atoms with Gasteiger partial charge in [0.15, 0.2) is 0 Å². The first kappa shape index (κ1) is 10.6. The molecule has 3 aliphatic heterocycles. The largest absolute Gasteiger partial charge is 0.339 e. The molecule has 0 unspecified atom stereocenters. The van der Waals surface area contributed by atoms with Crippen LogP contribution in [-0.4, -0.2) is 36.5 Å². The van der Waals surface area contributed by atoms with Crippen LogP contribution in [-0.2, 0) is 4.79 Å². The van der Waals surface area contributed by atoms with Gasteiger partial charge in [-0.25, -0.2) is 0 Å². The summed E-state index contributed by atoms with van der Waals surface area (Å²) in [5, 5.41) is 3.52. The highest BCUT2D eigenvalue weighted by molar-refractivity contribution is 5.78. The van der Waals surface area contributed by atoms with Crippen LogP contribution in [0.3, 0.4) is 0 Å². The van der Waals surface area contributed by atoms with Crippen molar-refractivity contribution < 1.29 is 4.79 Å². The molecular formula is C13H22N2O. The number of nitrogens with zero attached hydrogens (tertiary/aromatic N) is 1. The highest BCUT2D eigenvalue weighted by Crippen LogP contribution is 2.45. The van der Waals surface area contributed by atoms with Crippen molar-refractivity contribution in [2.45, 2.75) is 32.7 Å². The Kier molecular flexibility index (Phi) is 2.46. The van der Waals surface area contributed by atoms with Gasteiger partial charge in [0.05, 0.1) is 0 Å². The van der Waals surface area contributed by atoms with Crippen LogP contribution in [0.4, 0.5) is 0 Å². The minimum Gasteiger partial charge on any atom is -0.339 e. The van der Waals surface area contributed by atoms with Crippen LogP contribution in [0.15, 0.2) is 0 Å². The highest BCUT2D eigenvalue weighted by atomic mass is 16.2. The summed E-state index contributed by atoms with van der Waals surface area (Å²) in [6.07, 6.45) is 2.58. The fourth-order valence-corrected chi connectivity index (χ4v) is 4.06. The summed E-state index contributed by atoms with van der Waals surface area (Å²) >= 11 is 0. The molecule has 90 valence electrons. The van der Waals surface area contributed by atoms with E-state index >= 15 is 0 Å². The van der Waals surface area contributed by atoms with Gasteiger partial charge in [-0.1, -0.05) is 13.8 Å². The fraction of sp³-hybridized carbons (Fsp3) is 0.923. The Morgan fingerprint density at radius 1 is 1.25 bits per heavy atom. The molecule has 4 fully saturated rings. The smallest absolute Gasteiger partial charge is 0.225 e. The molecule has 3 nitrogen and oxygen atoms in total. The Bertz CT molecular complexity index is 302. The van der Waals surface area contributed by atoms with Crippen molar-refractivity contribution in [2.24, 2.45) is 23.7 Å². The molecule has 0 aromatic heterocycles. The molecule has 4 rings (SSSR count). The van der Waals surface area contributed by atoms with Gasteiger partial charge in [0.1, 0.15) is 0 Å². The Balaban J connectivity index is 1.82. The van der Waals surface area contributed by atoms with E-state index in [9.17, 15) is 4.79 Å². The number of hydrogen-bond acceptors (Lipinski definition) is 2. The van der Waals surface area contributed by atoms with Gasteiger partial charge in [-0.05, 0) is 37.1 Å². The molecule has 0 spiro atoms. The molecule has 16 heavy (non-hydrogen) atoms. The third-order valence-corrected chi connectivity index (χ3v) is 4.85. The maximum atomic E-state index is 12.2. The van der Waals surface area contributed by atoms with Crippen LogP contribution < -0.4 is 5.32 Å². The molecule has 0 aromatic carbocycles. The molecule has 3 heteroatoms. The number of fused-ring (bicyclic) bond motifs is 2. The third kappa shape index (κ3) is 1.41. The summed E-state index contributed by atoms with van der Waals surface area (Å²) in [5.74, 6) is 2.91. The zero-order valence-corrected chi connectivity index (χ0v) is 10.3. The van der Waals surface area contributed by atoms with Crippen molar-refractivity contribution in [3.05, 3.63) is 0 Å². The summed E-state index contributed by atoms with van der Waals surface area (Å²) in [7, 11) is 0. The minimum atomic E-state index is 0.159. The number of carbonyl (C=O) groups is 1. The van der Waals surface area contributed by atoms with Crippen molar-refractivity contribution >= 4 is 5.91 Å². The standard InChI is InChI=1S/C13H22N2O/c1-8(2)13(16)15-7-9-3-4-12(15)11-6-14-5-10(9)11/h8-12,14H,3-7H2,1-2H3/t9-,10+,11-,12+/m1/s1. The van der Waals surface area contributed by atoms with Crippen LogP contribution in [0.1, 0.15) is 26.7 Å². The summed E-state index contributed by atoms with van der Waals surface area (Å²) in [5.41, 5.74) is 0. The third-order valence-electron chi connectivity index (χ3n) is 4.85. The normalized spacial score (nSPS) is 41.6. The van der Waals surface area contributed by atoms with E-state index in [-0.39, 0.29) is 5.92 Å². The first-order chi connectivity index (χ1) is 7.68. The average molecular weight is 222 g/mol. The molecule has 3 saturated heterocycles. The summed E-state index contributed by atoms with van der Waals surface area (Å²) in [6.45, 7) is 7.40. The predicted molar refractivity (Wildman–Crippen MR) is 62.9 cm³/mol. The van der Waals surface area contributed by atoms with Crippen LogP contribution in [0, 0.1) is 23.7 Å².